The second-order valence-corrected chi connectivity index (χ2v) is 5.50. The average Bonchev–Trinajstić information content (AvgIpc) is 2.83. The van der Waals surface area contributed by atoms with Gasteiger partial charge in [-0.3, -0.25) is 0 Å². The van der Waals surface area contributed by atoms with Gasteiger partial charge < -0.3 is 4.57 Å². The first-order chi connectivity index (χ1) is 7.77. The number of aromatic nitrogens is 1. The Morgan fingerprint density at radius 1 is 1.12 bits per heavy atom. The number of nitrogens with zero attached hydrogens (tertiary/aromatic N) is 1. The summed E-state index contributed by atoms with van der Waals surface area (Å²) >= 11 is 7.08. The van der Waals surface area contributed by atoms with Gasteiger partial charge in [-0.05, 0) is 24.6 Å². The largest absolute Gasteiger partial charge is 0.310 e. The van der Waals surface area contributed by atoms with Crippen molar-refractivity contribution in [1.82, 2.24) is 4.57 Å². The second-order valence-electron chi connectivity index (χ2n) is 3.53. The van der Waals surface area contributed by atoms with Gasteiger partial charge in [0.1, 0.15) is 4.32 Å². The summed E-state index contributed by atoms with van der Waals surface area (Å²) in [7, 11) is 0. The maximum atomic E-state index is 5.38. The van der Waals surface area contributed by atoms with Crippen molar-refractivity contribution in [3.05, 3.63) is 60.4 Å². The van der Waals surface area contributed by atoms with Gasteiger partial charge in [0, 0.05) is 17.6 Å². The molecule has 16 heavy (non-hydrogen) atoms. The van der Waals surface area contributed by atoms with E-state index in [-0.39, 0.29) is 0 Å². The molecular weight excluding hydrogens is 234 g/mol. The fourth-order valence-corrected chi connectivity index (χ4v) is 2.85. The van der Waals surface area contributed by atoms with Gasteiger partial charge in [-0.2, -0.15) is 0 Å². The Bertz CT molecular complexity index is 448. The number of hydrogen-bond donors (Lipinski definition) is 0. The van der Waals surface area contributed by atoms with Crippen LogP contribution < -0.4 is 0 Å². The van der Waals surface area contributed by atoms with Crippen LogP contribution in [-0.4, -0.2) is 8.89 Å². The highest BCUT2D eigenvalue weighted by Crippen LogP contribution is 2.29. The van der Waals surface area contributed by atoms with Gasteiger partial charge in [-0.15, -0.1) is 0 Å². The molecular formula is C13H13NS2. The van der Waals surface area contributed by atoms with E-state index in [2.05, 4.69) is 31.2 Å². The maximum Gasteiger partial charge on any atom is 0.145 e. The highest BCUT2D eigenvalue weighted by molar-refractivity contribution is 8.23. The van der Waals surface area contributed by atoms with E-state index in [0.29, 0.717) is 5.25 Å². The van der Waals surface area contributed by atoms with Crippen LogP contribution in [0.5, 0.6) is 0 Å². The number of benzene rings is 1. The van der Waals surface area contributed by atoms with Crippen LogP contribution in [0, 0.1) is 0 Å². The molecule has 1 nitrogen and oxygen atoms in total. The molecule has 0 aliphatic rings. The molecule has 0 bridgehead atoms. The van der Waals surface area contributed by atoms with Crippen molar-refractivity contribution in [3.63, 3.8) is 0 Å². The van der Waals surface area contributed by atoms with Crippen LogP contribution in [0.1, 0.15) is 17.7 Å². The fraction of sp³-hybridized carbons (Fsp3) is 0.154. The van der Waals surface area contributed by atoms with Gasteiger partial charge in [0.05, 0.1) is 0 Å². The van der Waals surface area contributed by atoms with Crippen molar-refractivity contribution in [2.75, 3.05) is 0 Å². The summed E-state index contributed by atoms with van der Waals surface area (Å²) in [6.07, 6.45) is 3.96. The Kier molecular flexibility index (Phi) is 3.80. The number of hydrogen-bond acceptors (Lipinski definition) is 2. The van der Waals surface area contributed by atoms with Crippen LogP contribution in [0.25, 0.3) is 0 Å². The van der Waals surface area contributed by atoms with Gasteiger partial charge in [0.25, 0.3) is 0 Å². The molecule has 0 spiro atoms. The van der Waals surface area contributed by atoms with Crippen molar-refractivity contribution < 1.29 is 0 Å². The molecule has 1 heterocycles. The minimum Gasteiger partial charge on any atom is -0.310 e. The third kappa shape index (κ3) is 2.74. The third-order valence-corrected chi connectivity index (χ3v) is 3.90. The molecule has 3 heteroatoms. The molecule has 1 aromatic carbocycles. The lowest BCUT2D eigenvalue weighted by Crippen LogP contribution is -2.03. The first-order valence-electron chi connectivity index (χ1n) is 5.16. The third-order valence-electron chi connectivity index (χ3n) is 2.36. The summed E-state index contributed by atoms with van der Waals surface area (Å²) in [6.45, 7) is 2.18. The topological polar surface area (TPSA) is 4.93 Å². The van der Waals surface area contributed by atoms with Crippen molar-refractivity contribution in [3.8, 4) is 0 Å². The molecule has 0 saturated heterocycles. The molecule has 0 fully saturated rings. The highest BCUT2D eigenvalue weighted by atomic mass is 32.2. The normalized spacial score (nSPS) is 12.3. The van der Waals surface area contributed by atoms with Gasteiger partial charge >= 0.3 is 0 Å². The van der Waals surface area contributed by atoms with Crippen molar-refractivity contribution in [2.24, 2.45) is 0 Å². The summed E-state index contributed by atoms with van der Waals surface area (Å²) in [4.78, 5) is 0. The lowest BCUT2D eigenvalue weighted by atomic mass is 10.2. The minimum atomic E-state index is 0.385. The van der Waals surface area contributed by atoms with E-state index < -0.39 is 0 Å². The lowest BCUT2D eigenvalue weighted by molar-refractivity contribution is 1.10. The van der Waals surface area contributed by atoms with Crippen molar-refractivity contribution >= 4 is 28.3 Å². The van der Waals surface area contributed by atoms with Crippen LogP contribution in [0.4, 0.5) is 0 Å². The van der Waals surface area contributed by atoms with E-state index >= 15 is 0 Å². The van der Waals surface area contributed by atoms with E-state index in [0.717, 1.165) is 4.32 Å². The Labute approximate surface area is 105 Å². The molecule has 0 aliphatic heterocycles. The van der Waals surface area contributed by atoms with E-state index in [1.54, 1.807) is 11.8 Å². The molecule has 0 amide bonds. The Morgan fingerprint density at radius 3 is 2.38 bits per heavy atom. The first kappa shape index (κ1) is 11.4. The summed E-state index contributed by atoms with van der Waals surface area (Å²) in [6, 6.07) is 14.4. The molecule has 0 saturated carbocycles. The molecule has 1 aromatic heterocycles. The van der Waals surface area contributed by atoms with Gasteiger partial charge in [-0.25, -0.2) is 0 Å². The highest BCUT2D eigenvalue weighted by Gasteiger charge is 2.09. The van der Waals surface area contributed by atoms with Crippen LogP contribution in [0.2, 0.25) is 0 Å². The molecule has 0 aliphatic carbocycles. The summed E-state index contributed by atoms with van der Waals surface area (Å²) in [5, 5.41) is 0.385. The van der Waals surface area contributed by atoms with Crippen molar-refractivity contribution in [1.29, 1.82) is 0 Å². The number of thiocarbonyl (C=S) groups is 1. The van der Waals surface area contributed by atoms with Crippen LogP contribution in [0.3, 0.4) is 0 Å². The van der Waals surface area contributed by atoms with Crippen LogP contribution >= 0.6 is 24.0 Å². The zero-order valence-electron chi connectivity index (χ0n) is 9.04. The predicted molar refractivity (Wildman–Crippen MR) is 74.9 cm³/mol. The van der Waals surface area contributed by atoms with Gasteiger partial charge in [-0.1, -0.05) is 54.3 Å². The quantitative estimate of drug-likeness (QED) is 0.736. The molecule has 0 radical (unpaired) electrons. The molecule has 1 atom stereocenters. The SMILES string of the molecule is CC(SC(=S)n1cccc1)c1ccccc1. The van der Waals surface area contributed by atoms with Crippen LogP contribution in [-0.2, 0) is 0 Å². The molecule has 2 aromatic rings. The van der Waals surface area contributed by atoms with Gasteiger partial charge in [0.2, 0.25) is 0 Å². The Morgan fingerprint density at radius 2 is 1.75 bits per heavy atom. The summed E-state index contributed by atoms with van der Waals surface area (Å²) in [5.41, 5.74) is 1.31. The van der Waals surface area contributed by atoms with Crippen molar-refractivity contribution in [2.45, 2.75) is 12.2 Å². The smallest absolute Gasteiger partial charge is 0.145 e. The second kappa shape index (κ2) is 5.32. The van der Waals surface area contributed by atoms with Gasteiger partial charge in [0.15, 0.2) is 0 Å². The summed E-state index contributed by atoms with van der Waals surface area (Å²) in [5.74, 6) is 0. The monoisotopic (exact) mass is 247 g/mol. The van der Waals surface area contributed by atoms with E-state index in [4.69, 9.17) is 12.2 Å². The van der Waals surface area contributed by atoms with Crippen LogP contribution in [0.15, 0.2) is 54.9 Å². The molecule has 82 valence electrons. The standard InChI is InChI=1S/C13H13NS2/c1-11(12-7-3-2-4-8-12)16-13(15)14-9-5-6-10-14/h2-11H,1H3. The number of rotatable bonds is 2. The number of thioether (sulfide) groups is 1. The zero-order chi connectivity index (χ0) is 11.4. The van der Waals surface area contributed by atoms with E-state index in [1.807, 2.05) is 35.2 Å². The summed E-state index contributed by atoms with van der Waals surface area (Å²) < 4.78 is 2.86. The molecule has 0 N–H and O–H groups in total. The minimum absolute atomic E-state index is 0.385. The zero-order valence-corrected chi connectivity index (χ0v) is 10.7. The predicted octanol–water partition coefficient (Wildman–Crippen LogP) is 4.12. The lowest BCUT2D eigenvalue weighted by Gasteiger charge is -2.12. The maximum absolute atomic E-state index is 5.38. The first-order valence-corrected chi connectivity index (χ1v) is 6.45. The Hall–Kier alpha value is -1.06. The van der Waals surface area contributed by atoms with E-state index in [1.165, 1.54) is 5.56 Å². The average molecular weight is 247 g/mol. The molecule has 2 rings (SSSR count). The van der Waals surface area contributed by atoms with E-state index in [9.17, 15) is 0 Å². The molecule has 1 unspecified atom stereocenters. The Balaban J connectivity index is 2.03. The fourth-order valence-electron chi connectivity index (χ4n) is 1.46.